The van der Waals surface area contributed by atoms with Crippen molar-refractivity contribution in [2.45, 2.75) is 25.3 Å². The van der Waals surface area contributed by atoms with Gasteiger partial charge in [0, 0.05) is 21.5 Å². The van der Waals surface area contributed by atoms with Crippen LogP contribution in [0.25, 0.3) is 0 Å². The van der Waals surface area contributed by atoms with Crippen LogP contribution in [0.3, 0.4) is 0 Å². The Labute approximate surface area is 128 Å². The largest absolute Gasteiger partial charge is 0.323 e. The Morgan fingerprint density at radius 2 is 1.65 bits per heavy atom. The molecule has 0 bridgehead atoms. The molecule has 2 rings (SSSR count). The number of rotatable bonds is 3. The third-order valence-electron chi connectivity index (χ3n) is 3.66. The topological polar surface area (TPSA) is 26.0 Å². The van der Waals surface area contributed by atoms with E-state index in [0.717, 1.165) is 11.1 Å². The summed E-state index contributed by atoms with van der Waals surface area (Å²) >= 11 is 12.2. The van der Waals surface area contributed by atoms with E-state index in [1.54, 1.807) is 30.3 Å². The Morgan fingerprint density at radius 3 is 2.25 bits per heavy atom. The van der Waals surface area contributed by atoms with Gasteiger partial charge >= 0.3 is 0 Å². The highest BCUT2D eigenvalue weighted by Gasteiger charge is 2.31. The molecule has 1 atom stereocenters. The molecular formula is C16H16Cl2FN. The van der Waals surface area contributed by atoms with Gasteiger partial charge in [-0.05, 0) is 41.5 Å². The summed E-state index contributed by atoms with van der Waals surface area (Å²) in [5.74, 6) is -0.265. The van der Waals surface area contributed by atoms with Crippen LogP contribution in [0.2, 0.25) is 10.0 Å². The predicted molar refractivity (Wildman–Crippen MR) is 82.8 cm³/mol. The summed E-state index contributed by atoms with van der Waals surface area (Å²) < 4.78 is 13.0. The Kier molecular flexibility index (Phi) is 4.38. The fraction of sp³-hybridized carbons (Fsp3) is 0.250. The van der Waals surface area contributed by atoms with Gasteiger partial charge in [0.2, 0.25) is 0 Å². The molecule has 0 amide bonds. The maximum atomic E-state index is 13.0. The van der Waals surface area contributed by atoms with Crippen LogP contribution in [0.4, 0.5) is 4.39 Å². The monoisotopic (exact) mass is 311 g/mol. The molecule has 0 saturated carbocycles. The van der Waals surface area contributed by atoms with Crippen LogP contribution < -0.4 is 5.73 Å². The quantitative estimate of drug-likeness (QED) is 0.837. The highest BCUT2D eigenvalue weighted by Crippen LogP contribution is 2.38. The van der Waals surface area contributed by atoms with Gasteiger partial charge in [0.15, 0.2) is 0 Å². The molecule has 0 saturated heterocycles. The van der Waals surface area contributed by atoms with Crippen molar-refractivity contribution in [1.29, 1.82) is 0 Å². The molecule has 0 heterocycles. The second-order valence-corrected chi connectivity index (χ2v) is 6.22. The first-order valence-electron chi connectivity index (χ1n) is 6.29. The Bertz CT molecular complexity index is 608. The molecule has 0 aliphatic carbocycles. The summed E-state index contributed by atoms with van der Waals surface area (Å²) in [5.41, 5.74) is 7.71. The average molecular weight is 312 g/mol. The Balaban J connectivity index is 2.42. The zero-order valence-electron chi connectivity index (χ0n) is 11.3. The van der Waals surface area contributed by atoms with Crippen molar-refractivity contribution in [3.63, 3.8) is 0 Å². The minimum absolute atomic E-state index is 0.265. The third kappa shape index (κ3) is 2.98. The second kappa shape index (κ2) is 5.72. The van der Waals surface area contributed by atoms with Crippen LogP contribution in [-0.2, 0) is 5.41 Å². The lowest BCUT2D eigenvalue weighted by Crippen LogP contribution is -2.33. The first-order valence-corrected chi connectivity index (χ1v) is 7.04. The smallest absolute Gasteiger partial charge is 0.123 e. The van der Waals surface area contributed by atoms with E-state index in [-0.39, 0.29) is 11.9 Å². The van der Waals surface area contributed by atoms with E-state index in [9.17, 15) is 4.39 Å². The first-order chi connectivity index (χ1) is 9.32. The maximum absolute atomic E-state index is 13.0. The van der Waals surface area contributed by atoms with Crippen molar-refractivity contribution >= 4 is 23.2 Å². The number of hydrogen-bond donors (Lipinski definition) is 1. The standard InChI is InChI=1S/C16H16Cl2FN/c1-16(2,10-3-6-12(19)7-4-10)15(20)13-9-11(17)5-8-14(13)18/h3-9,15H,20H2,1-2H3. The molecule has 1 unspecified atom stereocenters. The van der Waals surface area contributed by atoms with Crippen molar-refractivity contribution in [1.82, 2.24) is 0 Å². The maximum Gasteiger partial charge on any atom is 0.123 e. The van der Waals surface area contributed by atoms with Gasteiger partial charge in [-0.1, -0.05) is 49.2 Å². The van der Waals surface area contributed by atoms with E-state index >= 15 is 0 Å². The number of hydrogen-bond acceptors (Lipinski definition) is 1. The van der Waals surface area contributed by atoms with Gasteiger partial charge < -0.3 is 5.73 Å². The number of nitrogens with two attached hydrogens (primary N) is 1. The molecule has 0 aromatic heterocycles. The van der Waals surface area contributed by atoms with Crippen molar-refractivity contribution in [3.05, 3.63) is 69.5 Å². The van der Waals surface area contributed by atoms with E-state index in [0.29, 0.717) is 10.0 Å². The van der Waals surface area contributed by atoms with Crippen LogP contribution in [0.1, 0.15) is 31.0 Å². The number of halogens is 3. The fourth-order valence-electron chi connectivity index (χ4n) is 2.20. The molecule has 0 spiro atoms. The van der Waals surface area contributed by atoms with Gasteiger partial charge in [0.25, 0.3) is 0 Å². The van der Waals surface area contributed by atoms with E-state index in [1.165, 1.54) is 12.1 Å². The summed E-state index contributed by atoms with van der Waals surface area (Å²) in [6.45, 7) is 4.00. The molecular weight excluding hydrogens is 296 g/mol. The van der Waals surface area contributed by atoms with E-state index in [1.807, 2.05) is 13.8 Å². The van der Waals surface area contributed by atoms with Gasteiger partial charge in [-0.15, -0.1) is 0 Å². The normalized spacial score (nSPS) is 13.3. The molecule has 0 aliphatic rings. The second-order valence-electron chi connectivity index (χ2n) is 5.37. The van der Waals surface area contributed by atoms with Crippen molar-refractivity contribution < 1.29 is 4.39 Å². The van der Waals surface area contributed by atoms with Crippen molar-refractivity contribution in [2.75, 3.05) is 0 Å². The molecule has 2 aromatic rings. The highest BCUT2D eigenvalue weighted by atomic mass is 35.5. The van der Waals surface area contributed by atoms with E-state index in [4.69, 9.17) is 28.9 Å². The first kappa shape index (κ1) is 15.3. The minimum Gasteiger partial charge on any atom is -0.323 e. The molecule has 106 valence electrons. The third-order valence-corrected chi connectivity index (χ3v) is 4.24. The molecule has 2 N–H and O–H groups in total. The molecule has 0 fully saturated rings. The van der Waals surface area contributed by atoms with Crippen LogP contribution in [-0.4, -0.2) is 0 Å². The van der Waals surface area contributed by atoms with E-state index in [2.05, 4.69) is 0 Å². The van der Waals surface area contributed by atoms with Gasteiger partial charge in [-0.3, -0.25) is 0 Å². The van der Waals surface area contributed by atoms with Crippen LogP contribution >= 0.6 is 23.2 Å². The lowest BCUT2D eigenvalue weighted by molar-refractivity contribution is 0.420. The summed E-state index contributed by atoms with van der Waals surface area (Å²) in [6.07, 6.45) is 0. The summed E-state index contributed by atoms with van der Waals surface area (Å²) in [5, 5.41) is 1.17. The molecule has 1 nitrogen and oxygen atoms in total. The molecule has 0 radical (unpaired) electrons. The van der Waals surface area contributed by atoms with Gasteiger partial charge in [0.05, 0.1) is 0 Å². The Morgan fingerprint density at radius 1 is 1.05 bits per heavy atom. The summed E-state index contributed by atoms with van der Waals surface area (Å²) in [6, 6.07) is 11.2. The van der Waals surface area contributed by atoms with Gasteiger partial charge in [-0.25, -0.2) is 4.39 Å². The molecule has 20 heavy (non-hydrogen) atoms. The van der Waals surface area contributed by atoms with Crippen LogP contribution in [0, 0.1) is 5.82 Å². The lowest BCUT2D eigenvalue weighted by atomic mass is 9.75. The summed E-state index contributed by atoms with van der Waals surface area (Å²) in [7, 11) is 0. The highest BCUT2D eigenvalue weighted by molar-refractivity contribution is 6.33. The van der Waals surface area contributed by atoms with Crippen LogP contribution in [0.15, 0.2) is 42.5 Å². The summed E-state index contributed by atoms with van der Waals surface area (Å²) in [4.78, 5) is 0. The average Bonchev–Trinajstić information content (AvgIpc) is 2.41. The van der Waals surface area contributed by atoms with Gasteiger partial charge in [-0.2, -0.15) is 0 Å². The van der Waals surface area contributed by atoms with Crippen LogP contribution in [0.5, 0.6) is 0 Å². The van der Waals surface area contributed by atoms with Gasteiger partial charge in [0.1, 0.15) is 5.82 Å². The lowest BCUT2D eigenvalue weighted by Gasteiger charge is -2.33. The zero-order valence-corrected chi connectivity index (χ0v) is 12.8. The van der Waals surface area contributed by atoms with Crippen molar-refractivity contribution in [2.24, 2.45) is 5.73 Å². The molecule has 2 aromatic carbocycles. The SMILES string of the molecule is CC(C)(c1ccc(F)cc1)C(N)c1cc(Cl)ccc1Cl. The zero-order chi connectivity index (χ0) is 14.9. The van der Waals surface area contributed by atoms with Crippen molar-refractivity contribution in [3.8, 4) is 0 Å². The predicted octanol–water partition coefficient (Wildman–Crippen LogP) is 5.11. The molecule has 4 heteroatoms. The van der Waals surface area contributed by atoms with E-state index < -0.39 is 5.41 Å². The Hall–Kier alpha value is -1.09. The minimum atomic E-state index is -0.401. The number of benzene rings is 2. The fourth-order valence-corrected chi connectivity index (χ4v) is 2.62. The molecule has 0 aliphatic heterocycles.